The van der Waals surface area contributed by atoms with Crippen molar-refractivity contribution < 1.29 is 9.18 Å². The molecule has 2 aromatic carbocycles. The molecule has 3 aromatic rings. The first-order valence-corrected chi connectivity index (χ1v) is 10.6. The number of benzene rings is 2. The zero-order chi connectivity index (χ0) is 20.1. The highest BCUT2D eigenvalue weighted by atomic mass is 32.1. The predicted octanol–water partition coefficient (Wildman–Crippen LogP) is 3.53. The Balaban J connectivity index is 1.27. The van der Waals surface area contributed by atoms with Crippen LogP contribution in [-0.4, -0.2) is 42.0 Å². The van der Waals surface area contributed by atoms with E-state index in [1.54, 1.807) is 23.6 Å². The normalized spacial score (nSPS) is 14.7. The smallest absolute Gasteiger partial charge is 0.271 e. The highest BCUT2D eigenvalue weighted by Crippen LogP contribution is 2.18. The zero-order valence-electron chi connectivity index (χ0n) is 16.1. The van der Waals surface area contributed by atoms with Crippen molar-refractivity contribution in [3.63, 3.8) is 0 Å². The molecule has 1 amide bonds. The van der Waals surface area contributed by atoms with Gasteiger partial charge in [0, 0.05) is 49.4 Å². The fourth-order valence-electron chi connectivity index (χ4n) is 3.39. The first-order chi connectivity index (χ1) is 14.2. The van der Waals surface area contributed by atoms with Crippen LogP contribution >= 0.6 is 11.3 Å². The molecule has 0 spiro atoms. The van der Waals surface area contributed by atoms with Crippen molar-refractivity contribution >= 4 is 22.9 Å². The van der Waals surface area contributed by atoms with Crippen LogP contribution in [0.3, 0.4) is 0 Å². The molecule has 7 heteroatoms. The van der Waals surface area contributed by atoms with Gasteiger partial charge in [-0.2, -0.15) is 0 Å². The second-order valence-corrected chi connectivity index (χ2v) is 7.94. The number of hydrogen-bond donors (Lipinski definition) is 1. The van der Waals surface area contributed by atoms with Crippen LogP contribution in [0.1, 0.15) is 21.1 Å². The first kappa shape index (κ1) is 19.5. The third-order valence-corrected chi connectivity index (χ3v) is 5.87. The Labute approximate surface area is 173 Å². The van der Waals surface area contributed by atoms with Gasteiger partial charge in [-0.15, -0.1) is 11.3 Å². The van der Waals surface area contributed by atoms with Crippen molar-refractivity contribution in [2.75, 3.05) is 31.1 Å². The Hall–Kier alpha value is -2.77. The Morgan fingerprint density at radius 1 is 1.03 bits per heavy atom. The summed E-state index contributed by atoms with van der Waals surface area (Å²) < 4.78 is 13.7. The molecule has 1 aliphatic heterocycles. The van der Waals surface area contributed by atoms with Crippen molar-refractivity contribution in [2.45, 2.75) is 13.1 Å². The molecule has 2 heterocycles. The molecule has 0 aliphatic carbocycles. The molecule has 0 radical (unpaired) electrons. The third-order valence-electron chi connectivity index (χ3n) is 5.03. The lowest BCUT2D eigenvalue weighted by atomic mass is 10.2. The molecule has 5 nitrogen and oxygen atoms in total. The lowest BCUT2D eigenvalue weighted by molar-refractivity contribution is 0.0946. The summed E-state index contributed by atoms with van der Waals surface area (Å²) in [6, 6.07) is 16.9. The van der Waals surface area contributed by atoms with Gasteiger partial charge in [-0.1, -0.05) is 36.4 Å². The van der Waals surface area contributed by atoms with Crippen LogP contribution in [-0.2, 0) is 13.1 Å². The van der Waals surface area contributed by atoms with Gasteiger partial charge in [-0.3, -0.25) is 9.69 Å². The largest absolute Gasteiger partial charge is 0.369 e. The minimum atomic E-state index is -0.318. The highest BCUT2D eigenvalue weighted by molar-refractivity contribution is 7.09. The number of carbonyl (C=O) groups is 1. The standard InChI is InChI=1S/C22H23FN4OS/c23-19-9-5-4-6-17(19)14-24-22(28)20-16-29-21(25-20)15-26-10-12-27(13-11-26)18-7-2-1-3-8-18/h1-9,16H,10-15H2,(H,24,28). The van der Waals surface area contributed by atoms with Crippen LogP contribution in [0.4, 0.5) is 10.1 Å². The van der Waals surface area contributed by atoms with Crippen LogP contribution in [0.15, 0.2) is 60.0 Å². The van der Waals surface area contributed by atoms with Crippen molar-refractivity contribution in [3.05, 3.63) is 82.1 Å². The van der Waals surface area contributed by atoms with Crippen molar-refractivity contribution in [3.8, 4) is 0 Å². The number of anilines is 1. The van der Waals surface area contributed by atoms with Gasteiger partial charge in [0.1, 0.15) is 16.5 Å². The zero-order valence-corrected chi connectivity index (χ0v) is 16.9. The van der Waals surface area contributed by atoms with E-state index >= 15 is 0 Å². The maximum atomic E-state index is 13.7. The molecule has 150 valence electrons. The number of carbonyl (C=O) groups excluding carboxylic acids is 1. The van der Waals surface area contributed by atoms with Gasteiger partial charge >= 0.3 is 0 Å². The lowest BCUT2D eigenvalue weighted by Crippen LogP contribution is -2.45. The van der Waals surface area contributed by atoms with Gasteiger partial charge in [0.25, 0.3) is 5.91 Å². The predicted molar refractivity (Wildman–Crippen MR) is 114 cm³/mol. The van der Waals surface area contributed by atoms with E-state index in [9.17, 15) is 9.18 Å². The van der Waals surface area contributed by atoms with Gasteiger partial charge in [0.15, 0.2) is 0 Å². The monoisotopic (exact) mass is 410 g/mol. The average Bonchev–Trinajstić information content (AvgIpc) is 3.23. The molecule has 29 heavy (non-hydrogen) atoms. The molecule has 0 atom stereocenters. The number of nitrogens with one attached hydrogen (secondary N) is 1. The van der Waals surface area contributed by atoms with Gasteiger partial charge in [-0.05, 0) is 18.2 Å². The topological polar surface area (TPSA) is 48.5 Å². The van der Waals surface area contributed by atoms with E-state index in [1.165, 1.54) is 23.1 Å². The van der Waals surface area contributed by atoms with E-state index in [1.807, 2.05) is 6.07 Å². The van der Waals surface area contributed by atoms with E-state index < -0.39 is 0 Å². The Kier molecular flexibility index (Phi) is 6.17. The number of nitrogens with zero attached hydrogens (tertiary/aromatic N) is 3. The molecule has 1 N–H and O–H groups in total. The molecule has 1 aromatic heterocycles. The SMILES string of the molecule is O=C(NCc1ccccc1F)c1csc(CN2CCN(c3ccccc3)CC2)n1. The summed E-state index contributed by atoms with van der Waals surface area (Å²) in [5, 5.41) is 5.44. The van der Waals surface area contributed by atoms with Crippen LogP contribution in [0.2, 0.25) is 0 Å². The second kappa shape index (κ2) is 9.15. The van der Waals surface area contributed by atoms with Crippen molar-refractivity contribution in [2.24, 2.45) is 0 Å². The summed E-state index contributed by atoms with van der Waals surface area (Å²) >= 11 is 1.49. The van der Waals surface area contributed by atoms with E-state index in [-0.39, 0.29) is 18.3 Å². The molecule has 1 aliphatic rings. The summed E-state index contributed by atoms with van der Waals surface area (Å²) in [6.07, 6.45) is 0. The lowest BCUT2D eigenvalue weighted by Gasteiger charge is -2.35. The molecule has 1 saturated heterocycles. The number of hydrogen-bond acceptors (Lipinski definition) is 5. The third kappa shape index (κ3) is 4.99. The Bertz CT molecular complexity index is 954. The number of aromatic nitrogens is 1. The molecule has 4 rings (SSSR count). The average molecular weight is 411 g/mol. The van der Waals surface area contributed by atoms with E-state index in [0.717, 1.165) is 37.7 Å². The number of thiazole rings is 1. The van der Waals surface area contributed by atoms with Gasteiger partial charge in [0.2, 0.25) is 0 Å². The van der Waals surface area contributed by atoms with Crippen LogP contribution in [0, 0.1) is 5.82 Å². The number of piperazine rings is 1. The first-order valence-electron chi connectivity index (χ1n) is 9.67. The number of rotatable bonds is 6. The Morgan fingerprint density at radius 2 is 1.76 bits per heavy atom. The summed E-state index contributed by atoms with van der Waals surface area (Å²) in [7, 11) is 0. The van der Waals surface area contributed by atoms with E-state index in [4.69, 9.17) is 0 Å². The molecule has 0 bridgehead atoms. The van der Waals surface area contributed by atoms with Crippen molar-refractivity contribution in [1.29, 1.82) is 0 Å². The quantitative estimate of drug-likeness (QED) is 0.675. The summed E-state index contributed by atoms with van der Waals surface area (Å²) in [5.74, 6) is -0.592. The second-order valence-electron chi connectivity index (χ2n) is 7.00. The highest BCUT2D eigenvalue weighted by Gasteiger charge is 2.19. The number of para-hydroxylation sites is 1. The number of halogens is 1. The van der Waals surface area contributed by atoms with Crippen LogP contribution in [0.5, 0.6) is 0 Å². The number of amides is 1. The maximum Gasteiger partial charge on any atom is 0.271 e. The summed E-state index contributed by atoms with van der Waals surface area (Å²) in [6.45, 7) is 4.77. The Morgan fingerprint density at radius 3 is 2.52 bits per heavy atom. The molecule has 1 fully saturated rings. The van der Waals surface area contributed by atoms with Crippen LogP contribution < -0.4 is 10.2 Å². The maximum absolute atomic E-state index is 13.7. The summed E-state index contributed by atoms with van der Waals surface area (Å²) in [4.78, 5) is 21.5. The van der Waals surface area contributed by atoms with E-state index in [0.29, 0.717) is 11.3 Å². The fourth-order valence-corrected chi connectivity index (χ4v) is 4.21. The molecular weight excluding hydrogens is 387 g/mol. The van der Waals surface area contributed by atoms with E-state index in [2.05, 4.69) is 44.4 Å². The molecule has 0 unspecified atom stereocenters. The van der Waals surface area contributed by atoms with Gasteiger partial charge in [0.05, 0.1) is 6.54 Å². The molecular formula is C22H23FN4OS. The van der Waals surface area contributed by atoms with Crippen LogP contribution in [0.25, 0.3) is 0 Å². The van der Waals surface area contributed by atoms with Gasteiger partial charge in [-0.25, -0.2) is 9.37 Å². The molecule has 0 saturated carbocycles. The fraction of sp³-hybridized carbons (Fsp3) is 0.273. The van der Waals surface area contributed by atoms with Gasteiger partial charge < -0.3 is 10.2 Å². The summed E-state index contributed by atoms with van der Waals surface area (Å²) in [5.41, 5.74) is 2.12. The van der Waals surface area contributed by atoms with Crippen molar-refractivity contribution in [1.82, 2.24) is 15.2 Å². The minimum Gasteiger partial charge on any atom is -0.369 e. The minimum absolute atomic E-state index is 0.153.